The van der Waals surface area contributed by atoms with Gasteiger partial charge in [-0.15, -0.1) is 0 Å². The molecule has 1 unspecified atom stereocenters. The van der Waals surface area contributed by atoms with Crippen LogP contribution in [0.25, 0.3) is 0 Å². The Kier molecular flexibility index (Phi) is 39.2. The largest absolute Gasteiger partial charge is 0.443 e. The molecule has 9 rings (SSSR count). The number of nitrogens with one attached hydrogen (secondary N) is 2. The number of aryl methyl sites for hydroxylation is 3. The monoisotopic (exact) mass is 2110 g/mol. The molecular formula is C95H164BrN9O27Si6. The maximum absolute atomic E-state index is 13.6. The summed E-state index contributed by atoms with van der Waals surface area (Å²) in [5.74, 6) is 0. The molecule has 4 aromatic heterocycles. The van der Waals surface area contributed by atoms with Crippen LogP contribution in [-0.4, -0.2) is 201 Å². The van der Waals surface area contributed by atoms with Gasteiger partial charge in [-0.05, 0) is 190 Å². The lowest BCUT2D eigenvalue weighted by Gasteiger charge is -2.40. The van der Waals surface area contributed by atoms with Crippen LogP contribution in [0.4, 0.5) is 15.3 Å². The number of carbonyl (C=O) groups is 2. The van der Waals surface area contributed by atoms with E-state index in [0.29, 0.717) is 59.3 Å². The molecule has 43 heteroatoms. The first kappa shape index (κ1) is 120. The van der Waals surface area contributed by atoms with E-state index in [1.807, 2.05) is 0 Å². The molecule has 0 spiro atoms. The van der Waals surface area contributed by atoms with Crippen molar-refractivity contribution < 1.29 is 84.4 Å². The summed E-state index contributed by atoms with van der Waals surface area (Å²) in [5.41, 5.74) is -4.87. The van der Waals surface area contributed by atoms with E-state index in [1.54, 1.807) is 87.6 Å². The highest BCUT2D eigenvalue weighted by Crippen LogP contribution is 2.48. The molecule has 1 aromatic carbocycles. The minimum atomic E-state index is -2.20. The number of H-pyrrole nitrogens is 2. The molecule has 0 aliphatic carbocycles. The third-order valence-corrected chi connectivity index (χ3v) is 56.0. The van der Waals surface area contributed by atoms with Crippen molar-refractivity contribution >= 4 is 83.7 Å². The number of carbonyl (C=O) groups excluding carboxylic acids is 2. The summed E-state index contributed by atoms with van der Waals surface area (Å²) in [6.07, 6.45) is -2.02. The maximum atomic E-state index is 13.6. The third kappa shape index (κ3) is 30.6. The predicted molar refractivity (Wildman–Crippen MR) is 552 cm³/mol. The van der Waals surface area contributed by atoms with E-state index in [4.69, 9.17) is 59.7 Å². The Morgan fingerprint density at radius 2 is 0.797 bits per heavy atom. The molecule has 4 aliphatic heterocycles. The number of rotatable bonds is 26. The summed E-state index contributed by atoms with van der Waals surface area (Å²) >= 11 is 3.31. The first-order valence-corrected chi connectivity index (χ1v) is 66.1. The fourth-order valence-electron chi connectivity index (χ4n) is 13.5. The molecule has 36 nitrogen and oxygen atoms in total. The normalized spacial score (nSPS) is 22.1. The summed E-state index contributed by atoms with van der Waals surface area (Å²) in [6.45, 7) is 83.0. The zero-order chi connectivity index (χ0) is 106. The second kappa shape index (κ2) is 45.0. The minimum Gasteiger partial charge on any atom is -0.443 e. The van der Waals surface area contributed by atoms with E-state index < -0.39 is 180 Å². The molecule has 0 bridgehead atoms. The lowest BCUT2D eigenvalue weighted by atomic mass is 10.1. The van der Waals surface area contributed by atoms with E-state index in [9.17, 15) is 68.3 Å². The van der Waals surface area contributed by atoms with Gasteiger partial charge >= 0.3 is 34.9 Å². The Balaban J connectivity index is 0.000000284. The quantitative estimate of drug-likeness (QED) is 0.0173. The van der Waals surface area contributed by atoms with Crippen LogP contribution in [0, 0.1) is 30.9 Å². The topological polar surface area (TPSA) is 435 Å². The summed E-state index contributed by atoms with van der Waals surface area (Å²) < 4.78 is 87.3. The number of hydrogen-bond acceptors (Lipinski definition) is 27. The lowest BCUT2D eigenvalue weighted by Crippen LogP contribution is -2.48. The Morgan fingerprint density at radius 1 is 0.471 bits per heavy atom. The van der Waals surface area contributed by atoms with Gasteiger partial charge < -0.3 is 69.9 Å². The summed E-state index contributed by atoms with van der Waals surface area (Å²) in [5, 5.41) is 30.7. The van der Waals surface area contributed by atoms with Crippen molar-refractivity contribution in [2.75, 3.05) is 26.4 Å². The molecule has 0 radical (unpaired) electrons. The van der Waals surface area contributed by atoms with E-state index in [2.05, 4.69) is 229 Å². The Morgan fingerprint density at radius 3 is 1.14 bits per heavy atom. The second-order valence-corrected chi connectivity index (χ2v) is 77.2. The standard InChI is InChI=1S/C27H49BrN2O7Si2.C27H50N2O7Si2.C22H42N2O5Si2.C19H23N3O8/c1-25(2,3)36-24(33)30-22(31)18(15-28)16-29(23(30)32)21-14-19(37-39(12,13)27(7,8)9)20(35-21)17-34-38(10,11)26(4,5)6;1-18-16-28(23(31)29(22(18)30)24(32)35-25(2,3)4)21-15-19(36-38(13,14)27(8,9)10)20(34-21)17-33-37(11,12)26(5,6)7;1-15-13-24(20(26)23-19(15)25)18-12-16(29-31(10,11)22(5,6)7)17(28-18)14-27-30(8,9)21(2,3)4;1-10-3-4-13(14(5-10)22(27)28)11(2)29-9-12-7-21(19(26)20-18(12)25)17-6-15(24)16(8-23)30-17/h16,19-21H,14-15,17H2,1-13H3;16,19-21H,15,17H2,1-14H3;13,16-18H,12,14H2,1-11H3,(H,23,25,26);3-5,7,11,15-17,23-24H,6,8-9H2,1-2H3,(H,20,25,26)/t2*19-,20-,21-;16-,17-,18-;11?,15-,16-,17-/m1111/s1. The van der Waals surface area contributed by atoms with Crippen LogP contribution in [0.15, 0.2) is 81.3 Å². The Bertz CT molecular complexity index is 5580. The first-order chi connectivity index (χ1) is 62.4. The number of benzene rings is 1. The van der Waals surface area contributed by atoms with Crippen LogP contribution in [0.2, 0.25) is 109 Å². The molecule has 782 valence electrons. The minimum absolute atomic E-state index is 0.0193. The summed E-state index contributed by atoms with van der Waals surface area (Å²) in [4.78, 5) is 142. The van der Waals surface area contributed by atoms with Gasteiger partial charge in [0.05, 0.1) is 79.6 Å². The van der Waals surface area contributed by atoms with Gasteiger partial charge in [-0.3, -0.25) is 57.5 Å². The number of halogens is 1. The van der Waals surface area contributed by atoms with Gasteiger partial charge in [0.15, 0.2) is 49.9 Å². The lowest BCUT2D eigenvalue weighted by molar-refractivity contribution is -0.386. The number of nitrogens with zero attached hydrogens (tertiary/aromatic N) is 7. The van der Waals surface area contributed by atoms with Crippen molar-refractivity contribution in [1.29, 1.82) is 0 Å². The highest BCUT2D eigenvalue weighted by atomic mass is 79.9. The molecule has 13 atom stereocenters. The van der Waals surface area contributed by atoms with Crippen LogP contribution in [0.1, 0.15) is 263 Å². The fraction of sp³-hybridized carbons (Fsp3) is 0.747. The molecule has 0 saturated carbocycles. The number of nitro benzene ring substituents is 1. The molecule has 5 aromatic rings. The van der Waals surface area contributed by atoms with Crippen molar-refractivity contribution in [2.45, 2.75) is 431 Å². The van der Waals surface area contributed by atoms with Crippen LogP contribution in [0.3, 0.4) is 0 Å². The maximum Gasteiger partial charge on any atom is 0.425 e. The molecule has 4 fully saturated rings. The van der Waals surface area contributed by atoms with Crippen LogP contribution in [-0.2, 0) is 71.7 Å². The van der Waals surface area contributed by atoms with Gasteiger partial charge in [-0.2, -0.15) is 9.13 Å². The second-order valence-electron chi connectivity index (χ2n) is 48.0. The number of ether oxygens (including phenoxy) is 7. The van der Waals surface area contributed by atoms with Gasteiger partial charge in [0.1, 0.15) is 60.5 Å². The number of aromatic amines is 2. The fourth-order valence-corrected chi connectivity index (χ4v) is 21.0. The smallest absolute Gasteiger partial charge is 0.425 e. The van der Waals surface area contributed by atoms with E-state index >= 15 is 0 Å². The van der Waals surface area contributed by atoms with E-state index in [-0.39, 0.29) is 101 Å². The van der Waals surface area contributed by atoms with Crippen molar-refractivity contribution in [3.8, 4) is 0 Å². The molecule has 8 heterocycles. The SMILES string of the molecule is CC(C)(C)OC(=O)n1c(=O)c(CBr)cn([C@H]2C[C@@H](O[Si](C)(C)C(C)(C)C)[C@@H](CO[Si](C)(C)C(C)(C)C)O2)c1=O.Cc1ccc(C(C)OCc2cn([C@H]3C[C@@H](O)[C@@H](CO)O3)c(=O)[nH]c2=O)c([N+](=O)[O-])c1.Cc1cn([C@H]2C[C@@H](O[Si](C)(C)C(C)(C)C)[C@@H](CO[Si](C)(C)C(C)(C)C)O2)c(=O)[nH]c1=O.Cc1cn([C@H]2C[C@@H](O[Si](C)(C)C(C)(C)C)[C@@H](CO[Si](C)(C)C(C)(C)C)O2)c(=O)n(C(=O)OC(C)(C)C)c1=O. The number of aliphatic hydroxyl groups is 2. The number of aliphatic hydroxyl groups excluding tert-OH is 2. The van der Waals surface area contributed by atoms with Crippen LogP contribution >= 0.6 is 15.9 Å². The van der Waals surface area contributed by atoms with Gasteiger partial charge in [-0.25, -0.2) is 28.8 Å². The van der Waals surface area contributed by atoms with Crippen molar-refractivity contribution in [2.24, 2.45) is 0 Å². The van der Waals surface area contributed by atoms with Gasteiger partial charge in [0, 0.05) is 78.6 Å². The van der Waals surface area contributed by atoms with E-state index in [1.165, 1.54) is 38.4 Å². The van der Waals surface area contributed by atoms with Crippen molar-refractivity contribution in [1.82, 2.24) is 37.4 Å². The zero-order valence-electron chi connectivity index (χ0n) is 89.7. The molecule has 4 aliphatic rings. The Hall–Kier alpha value is -6.46. The molecular weight excluding hydrogens is 1950 g/mol. The highest BCUT2D eigenvalue weighted by molar-refractivity contribution is 9.08. The third-order valence-electron chi connectivity index (χ3n) is 28.4. The average Bonchev–Trinajstić information content (AvgIpc) is 1.60. The predicted octanol–water partition coefficient (Wildman–Crippen LogP) is 17.4. The number of aromatic nitrogens is 8. The average molecular weight is 2110 g/mol. The van der Waals surface area contributed by atoms with Crippen LogP contribution in [0.5, 0.6) is 0 Å². The van der Waals surface area contributed by atoms with Gasteiger partial charge in [0.2, 0.25) is 0 Å². The summed E-state index contributed by atoms with van der Waals surface area (Å²) in [6, 6.07) is 4.78. The first-order valence-electron chi connectivity index (χ1n) is 47.5. The zero-order valence-corrected chi connectivity index (χ0v) is 97.3. The molecule has 4 N–H and O–H groups in total. The van der Waals surface area contributed by atoms with Gasteiger partial charge in [0.25, 0.3) is 27.9 Å². The number of hydrogen-bond donors (Lipinski definition) is 4. The molecule has 0 amide bonds. The van der Waals surface area contributed by atoms with Crippen molar-refractivity contribution in [3.63, 3.8) is 0 Å². The molecule has 4 saturated heterocycles. The summed E-state index contributed by atoms with van der Waals surface area (Å²) in [7, 11) is -12.6. The van der Waals surface area contributed by atoms with Gasteiger partial charge in [-0.1, -0.05) is 147 Å². The Labute approximate surface area is 828 Å². The number of nitro groups is 1. The highest BCUT2D eigenvalue weighted by Gasteiger charge is 2.52. The van der Waals surface area contributed by atoms with E-state index in [0.717, 1.165) is 10.1 Å². The number of alkyl halides is 1. The molecule has 138 heavy (non-hydrogen) atoms. The van der Waals surface area contributed by atoms with Crippen LogP contribution < -0.4 is 45.0 Å². The van der Waals surface area contributed by atoms with Crippen molar-refractivity contribution in [3.05, 3.63) is 170 Å².